The molecule has 0 aliphatic carbocycles. The third-order valence-electron chi connectivity index (χ3n) is 23.3. The molecule has 0 aromatic heterocycles. The van der Waals surface area contributed by atoms with Crippen LogP contribution >= 0.6 is 0 Å². The number of aliphatic hydroxyl groups is 8. The first-order chi connectivity index (χ1) is 51.1. The van der Waals surface area contributed by atoms with Crippen molar-refractivity contribution in [2.45, 2.75) is 550 Å². The molecule has 2 saturated heterocycles. The van der Waals surface area contributed by atoms with Gasteiger partial charge >= 0.3 is 0 Å². The van der Waals surface area contributed by atoms with Gasteiger partial charge in [-0.1, -0.05) is 457 Å². The predicted octanol–water partition coefficient (Wildman–Crippen LogP) is 22.6. The molecule has 12 atom stereocenters. The zero-order valence-corrected chi connectivity index (χ0v) is 68.6. The summed E-state index contributed by atoms with van der Waals surface area (Å²) in [5.74, 6) is -0.193. The number of ether oxygens (including phenoxy) is 4. The SMILES string of the molecule is CCCCCCCCCCCCCCCCCCCCCCCCCCCCCCCCCCCCCCCCCCCC(=O)NC(COC1OC(CO)C(OC2OC(CO)C(O)C(O)C2O)C(O)C1O)C(O)CCCCCCCCCCCCCCCCCCCCCCCCCCCCCCC. The molecule has 1 amide bonds. The molecule has 14 heteroatoms. The summed E-state index contributed by atoms with van der Waals surface area (Å²) in [5.41, 5.74) is 0. The van der Waals surface area contributed by atoms with Crippen LogP contribution in [-0.4, -0.2) is 140 Å². The highest BCUT2D eigenvalue weighted by atomic mass is 16.7. The number of nitrogens with one attached hydrogen (secondary N) is 1. The zero-order valence-electron chi connectivity index (χ0n) is 68.6. The lowest BCUT2D eigenvalue weighted by Crippen LogP contribution is -2.65. The minimum atomic E-state index is -1.78. The fourth-order valence-electron chi connectivity index (χ4n) is 16.1. The Hall–Kier alpha value is -1.01. The lowest BCUT2D eigenvalue weighted by atomic mass is 9.97. The molecule has 2 fully saturated rings. The van der Waals surface area contributed by atoms with Crippen LogP contribution in [0.25, 0.3) is 0 Å². The smallest absolute Gasteiger partial charge is 0.220 e. The highest BCUT2D eigenvalue weighted by Gasteiger charge is 2.51. The largest absolute Gasteiger partial charge is 0.394 e. The van der Waals surface area contributed by atoms with Crippen molar-refractivity contribution in [3.05, 3.63) is 0 Å². The summed E-state index contributed by atoms with van der Waals surface area (Å²) in [6.07, 6.45) is 79.2. The molecule has 2 heterocycles. The van der Waals surface area contributed by atoms with Crippen molar-refractivity contribution in [1.82, 2.24) is 5.32 Å². The van der Waals surface area contributed by atoms with E-state index in [0.717, 1.165) is 51.4 Å². The number of unbranched alkanes of at least 4 members (excludes halogenated alkanes) is 68. The van der Waals surface area contributed by atoms with Gasteiger partial charge < -0.3 is 65.1 Å². The van der Waals surface area contributed by atoms with E-state index in [1.807, 2.05) is 0 Å². The number of aliphatic hydroxyl groups excluding tert-OH is 8. The maximum atomic E-state index is 13.4. The van der Waals surface area contributed by atoms with Crippen LogP contribution in [-0.2, 0) is 23.7 Å². The van der Waals surface area contributed by atoms with Crippen molar-refractivity contribution in [2.75, 3.05) is 19.8 Å². The molecule has 0 aromatic rings. The number of rotatable bonds is 81. The van der Waals surface area contributed by atoms with E-state index in [1.54, 1.807) is 0 Å². The molecule has 0 aromatic carbocycles. The normalized spacial score (nSPS) is 21.3. The van der Waals surface area contributed by atoms with Crippen molar-refractivity contribution in [2.24, 2.45) is 0 Å². The molecular weight excluding hydrogens is 1300 g/mol. The second-order valence-electron chi connectivity index (χ2n) is 33.2. The maximum absolute atomic E-state index is 13.4. The van der Waals surface area contributed by atoms with E-state index in [0.29, 0.717) is 12.8 Å². The lowest BCUT2D eigenvalue weighted by Gasteiger charge is -2.46. The van der Waals surface area contributed by atoms with Crippen LogP contribution in [0, 0.1) is 0 Å². The fourth-order valence-corrected chi connectivity index (χ4v) is 16.1. The van der Waals surface area contributed by atoms with Crippen LogP contribution < -0.4 is 5.32 Å². The van der Waals surface area contributed by atoms with Crippen molar-refractivity contribution in [3.8, 4) is 0 Å². The Kier molecular flexibility index (Phi) is 71.2. The first kappa shape index (κ1) is 99.1. The molecule has 0 radical (unpaired) electrons. The fraction of sp³-hybridized carbons (Fsp3) is 0.989. The van der Waals surface area contributed by atoms with E-state index in [-0.39, 0.29) is 12.5 Å². The second-order valence-corrected chi connectivity index (χ2v) is 33.2. The van der Waals surface area contributed by atoms with Crippen molar-refractivity contribution < 1.29 is 64.6 Å². The Morgan fingerprint density at radius 1 is 0.308 bits per heavy atom. The Labute approximate surface area is 642 Å². The first-order valence-electron chi connectivity index (χ1n) is 46.3. The summed E-state index contributed by atoms with van der Waals surface area (Å²) < 4.78 is 23.0. The molecule has 0 saturated carbocycles. The van der Waals surface area contributed by atoms with E-state index in [2.05, 4.69) is 19.2 Å². The molecule has 0 bridgehead atoms. The number of hydrogen-bond acceptors (Lipinski definition) is 13. The van der Waals surface area contributed by atoms with Gasteiger partial charge in [0.05, 0.1) is 32.0 Å². The zero-order chi connectivity index (χ0) is 75.1. The van der Waals surface area contributed by atoms with E-state index in [1.165, 1.54) is 398 Å². The van der Waals surface area contributed by atoms with Crippen molar-refractivity contribution in [3.63, 3.8) is 0 Å². The van der Waals surface area contributed by atoms with E-state index in [9.17, 15) is 45.6 Å². The summed E-state index contributed by atoms with van der Waals surface area (Å²) in [7, 11) is 0. The van der Waals surface area contributed by atoms with Crippen LogP contribution in [0.15, 0.2) is 0 Å². The molecule has 2 aliphatic rings. The standard InChI is InChI=1S/C90H177NO13/c1-3-5-7-9-11-13-15-17-19-21-23-25-27-29-31-33-34-35-36-37-38-39-40-41-42-43-44-46-48-50-52-54-56-58-60-62-64-66-68-70-72-74-82(95)91-78(77-101-89-87(100)85(98)88(81(76-93)103-89)104-90-86(99)84(97)83(96)80(75-92)102-90)79(94)73-71-69-67-65-63-61-59-57-55-53-51-49-47-45-32-30-28-26-24-22-20-18-16-14-12-10-8-6-4-2/h78-81,83-90,92-94,96-100H,3-77H2,1-2H3,(H,91,95). The van der Waals surface area contributed by atoms with Gasteiger partial charge in [0.1, 0.15) is 48.8 Å². The van der Waals surface area contributed by atoms with E-state index >= 15 is 0 Å². The third-order valence-corrected chi connectivity index (χ3v) is 23.3. The van der Waals surface area contributed by atoms with Gasteiger partial charge in [0.15, 0.2) is 12.6 Å². The maximum Gasteiger partial charge on any atom is 0.220 e. The van der Waals surface area contributed by atoms with Gasteiger partial charge in [-0.05, 0) is 12.8 Å². The van der Waals surface area contributed by atoms with Gasteiger partial charge in [-0.25, -0.2) is 0 Å². The van der Waals surface area contributed by atoms with Crippen LogP contribution in [0.3, 0.4) is 0 Å². The van der Waals surface area contributed by atoms with Gasteiger partial charge in [0.2, 0.25) is 5.91 Å². The predicted molar refractivity (Wildman–Crippen MR) is 434 cm³/mol. The van der Waals surface area contributed by atoms with E-state index < -0.39 is 86.8 Å². The Morgan fingerprint density at radius 3 is 0.817 bits per heavy atom. The molecule has 2 aliphatic heterocycles. The number of amides is 1. The average Bonchev–Trinajstić information content (AvgIpc) is 0.789. The molecule has 620 valence electrons. The van der Waals surface area contributed by atoms with Crippen LogP contribution in [0.1, 0.15) is 476 Å². The minimum Gasteiger partial charge on any atom is -0.394 e. The van der Waals surface area contributed by atoms with Crippen LogP contribution in [0.4, 0.5) is 0 Å². The van der Waals surface area contributed by atoms with Gasteiger partial charge in [-0.2, -0.15) is 0 Å². The molecule has 14 nitrogen and oxygen atoms in total. The van der Waals surface area contributed by atoms with Gasteiger partial charge in [-0.3, -0.25) is 4.79 Å². The topological polar surface area (TPSA) is 228 Å². The molecule has 2 rings (SSSR count). The highest BCUT2D eigenvalue weighted by Crippen LogP contribution is 2.31. The first-order valence-corrected chi connectivity index (χ1v) is 46.3. The van der Waals surface area contributed by atoms with Crippen LogP contribution in [0.5, 0.6) is 0 Å². The number of carbonyl (C=O) groups excluding carboxylic acids is 1. The molecule has 9 N–H and O–H groups in total. The molecule has 104 heavy (non-hydrogen) atoms. The quantitative estimate of drug-likeness (QED) is 0.0259. The number of carbonyl (C=O) groups is 1. The Bertz CT molecular complexity index is 1750. The average molecular weight is 1480 g/mol. The Balaban J connectivity index is 1.52. The molecule has 12 unspecified atom stereocenters. The number of hydrogen-bond donors (Lipinski definition) is 9. The summed E-state index contributed by atoms with van der Waals surface area (Å²) in [6.45, 7) is 2.96. The summed E-state index contributed by atoms with van der Waals surface area (Å²) in [4.78, 5) is 13.4. The monoisotopic (exact) mass is 1480 g/mol. The van der Waals surface area contributed by atoms with Gasteiger partial charge in [0.25, 0.3) is 0 Å². The third kappa shape index (κ3) is 56.2. The van der Waals surface area contributed by atoms with Crippen molar-refractivity contribution >= 4 is 5.91 Å². The lowest BCUT2D eigenvalue weighted by molar-refractivity contribution is -0.359. The molecular formula is C90H177NO13. The summed E-state index contributed by atoms with van der Waals surface area (Å²) in [6, 6.07) is -0.826. The highest BCUT2D eigenvalue weighted by molar-refractivity contribution is 5.76. The second kappa shape index (κ2) is 74.7. The minimum absolute atomic E-state index is 0.193. The Morgan fingerprint density at radius 2 is 0.548 bits per heavy atom. The summed E-state index contributed by atoms with van der Waals surface area (Å²) in [5, 5.41) is 88.1. The van der Waals surface area contributed by atoms with Gasteiger partial charge in [0, 0.05) is 6.42 Å². The van der Waals surface area contributed by atoms with Crippen molar-refractivity contribution in [1.29, 1.82) is 0 Å². The molecule has 0 spiro atoms. The summed E-state index contributed by atoms with van der Waals surface area (Å²) >= 11 is 0. The van der Waals surface area contributed by atoms with Crippen LogP contribution in [0.2, 0.25) is 0 Å². The van der Waals surface area contributed by atoms with Gasteiger partial charge in [-0.15, -0.1) is 0 Å². The van der Waals surface area contributed by atoms with E-state index in [4.69, 9.17) is 18.9 Å².